The molecule has 1 heterocycles. The Morgan fingerprint density at radius 1 is 1.21 bits per heavy atom. The second-order valence-electron chi connectivity index (χ2n) is 6.11. The van der Waals surface area contributed by atoms with E-state index in [-0.39, 0.29) is 12.4 Å². The van der Waals surface area contributed by atoms with Gasteiger partial charge in [0.2, 0.25) is 5.91 Å². The Hall–Kier alpha value is -0.280. The third kappa shape index (κ3) is 4.64. The van der Waals surface area contributed by atoms with Crippen molar-refractivity contribution in [1.82, 2.24) is 10.2 Å². The lowest BCUT2D eigenvalue weighted by Gasteiger charge is -2.39. The molecular weight excluding hydrogens is 260 g/mol. The van der Waals surface area contributed by atoms with Gasteiger partial charge >= 0.3 is 0 Å². The van der Waals surface area contributed by atoms with Crippen molar-refractivity contribution in [2.45, 2.75) is 70.9 Å². The topological polar surface area (TPSA) is 32.3 Å². The molecule has 0 radical (unpaired) electrons. The van der Waals surface area contributed by atoms with Gasteiger partial charge in [0.05, 0.1) is 0 Å². The molecule has 2 rings (SSSR count). The molecule has 1 saturated heterocycles. The Balaban J connectivity index is 0.00000180. The lowest BCUT2D eigenvalue weighted by atomic mass is 9.86. The highest BCUT2D eigenvalue weighted by molar-refractivity contribution is 5.85. The van der Waals surface area contributed by atoms with E-state index in [9.17, 15) is 4.79 Å². The Kier molecular flexibility index (Phi) is 7.16. The number of carbonyl (C=O) groups excluding carboxylic acids is 1. The van der Waals surface area contributed by atoms with E-state index >= 15 is 0 Å². The first-order chi connectivity index (χ1) is 8.68. The highest BCUT2D eigenvalue weighted by atomic mass is 35.5. The fourth-order valence-electron chi connectivity index (χ4n) is 3.36. The van der Waals surface area contributed by atoms with Gasteiger partial charge in [-0.05, 0) is 26.2 Å². The van der Waals surface area contributed by atoms with Crippen LogP contribution in [0.15, 0.2) is 0 Å². The van der Waals surface area contributed by atoms with E-state index in [4.69, 9.17) is 0 Å². The molecule has 19 heavy (non-hydrogen) atoms. The quantitative estimate of drug-likeness (QED) is 0.866. The molecule has 0 aromatic rings. The fraction of sp³-hybridized carbons (Fsp3) is 0.933. The minimum absolute atomic E-state index is 0. The normalized spacial score (nSPS) is 28.8. The average molecular weight is 289 g/mol. The van der Waals surface area contributed by atoms with Crippen molar-refractivity contribution in [1.29, 1.82) is 0 Å². The summed E-state index contributed by atoms with van der Waals surface area (Å²) in [5, 5.41) is 3.43. The summed E-state index contributed by atoms with van der Waals surface area (Å²) in [4.78, 5) is 14.4. The van der Waals surface area contributed by atoms with Crippen LogP contribution in [0.4, 0.5) is 0 Å². The number of nitrogens with zero attached hydrogens (tertiary/aromatic N) is 1. The number of piperazine rings is 1. The molecule has 2 unspecified atom stereocenters. The molecule has 1 N–H and O–H groups in total. The smallest absolute Gasteiger partial charge is 0.222 e. The standard InChI is InChI=1S/C15H28N2O.ClH/c1-12-13(2)17(11-10-16-12)15(18)9-8-14-6-4-3-5-7-14;/h12-14,16H,3-11H2,1-2H3;1H. The molecule has 0 aromatic carbocycles. The van der Waals surface area contributed by atoms with Crippen molar-refractivity contribution in [2.75, 3.05) is 13.1 Å². The number of rotatable bonds is 3. The Labute approximate surface area is 123 Å². The van der Waals surface area contributed by atoms with Crippen molar-refractivity contribution >= 4 is 18.3 Å². The van der Waals surface area contributed by atoms with Gasteiger partial charge in [0.1, 0.15) is 0 Å². The first-order valence-corrected chi connectivity index (χ1v) is 7.71. The molecule has 1 aliphatic carbocycles. The van der Waals surface area contributed by atoms with E-state index in [1.807, 2.05) is 0 Å². The summed E-state index contributed by atoms with van der Waals surface area (Å²) in [6.45, 7) is 6.16. The van der Waals surface area contributed by atoms with E-state index < -0.39 is 0 Å². The second kappa shape index (κ2) is 8.11. The summed E-state index contributed by atoms with van der Waals surface area (Å²) in [5.74, 6) is 1.19. The van der Waals surface area contributed by atoms with E-state index in [1.165, 1.54) is 32.1 Å². The van der Waals surface area contributed by atoms with Gasteiger partial charge in [-0.25, -0.2) is 0 Å². The first kappa shape index (κ1) is 16.8. The zero-order valence-electron chi connectivity index (χ0n) is 12.4. The average Bonchev–Trinajstić information content (AvgIpc) is 2.40. The van der Waals surface area contributed by atoms with Gasteiger partial charge in [0.15, 0.2) is 0 Å². The van der Waals surface area contributed by atoms with Crippen LogP contribution in [0.2, 0.25) is 0 Å². The summed E-state index contributed by atoms with van der Waals surface area (Å²) in [7, 11) is 0. The van der Waals surface area contributed by atoms with Gasteiger partial charge in [-0.1, -0.05) is 32.1 Å². The number of halogens is 1. The summed E-state index contributed by atoms with van der Waals surface area (Å²) in [6, 6.07) is 0.773. The van der Waals surface area contributed by atoms with Crippen molar-refractivity contribution < 1.29 is 4.79 Å². The summed E-state index contributed by atoms with van der Waals surface area (Å²) < 4.78 is 0. The van der Waals surface area contributed by atoms with Crippen LogP contribution in [0, 0.1) is 5.92 Å². The molecular formula is C15H29ClN2O. The lowest BCUT2D eigenvalue weighted by Crippen LogP contribution is -2.57. The fourth-order valence-corrected chi connectivity index (χ4v) is 3.36. The zero-order chi connectivity index (χ0) is 13.0. The number of hydrogen-bond acceptors (Lipinski definition) is 2. The molecule has 0 spiro atoms. The summed E-state index contributed by atoms with van der Waals surface area (Å²) in [6.07, 6.45) is 8.73. The molecule has 4 heteroatoms. The second-order valence-corrected chi connectivity index (χ2v) is 6.11. The van der Waals surface area contributed by atoms with Crippen molar-refractivity contribution in [2.24, 2.45) is 5.92 Å². The van der Waals surface area contributed by atoms with Gasteiger partial charge in [-0.15, -0.1) is 12.4 Å². The molecule has 2 aliphatic rings. The van der Waals surface area contributed by atoms with Gasteiger partial charge in [-0.2, -0.15) is 0 Å². The van der Waals surface area contributed by atoms with Crippen molar-refractivity contribution in [3.8, 4) is 0 Å². The maximum Gasteiger partial charge on any atom is 0.222 e. The predicted octanol–water partition coefficient (Wildman–Crippen LogP) is 2.98. The van der Waals surface area contributed by atoms with Gasteiger partial charge < -0.3 is 10.2 Å². The third-order valence-corrected chi connectivity index (χ3v) is 4.85. The zero-order valence-corrected chi connectivity index (χ0v) is 13.2. The number of hydrogen-bond donors (Lipinski definition) is 1. The van der Waals surface area contributed by atoms with E-state index in [0.29, 0.717) is 18.0 Å². The largest absolute Gasteiger partial charge is 0.337 e. The summed E-state index contributed by atoms with van der Waals surface area (Å²) >= 11 is 0. The highest BCUT2D eigenvalue weighted by Crippen LogP contribution is 2.27. The van der Waals surface area contributed by atoms with Crippen LogP contribution >= 0.6 is 12.4 Å². The molecule has 0 bridgehead atoms. The number of carbonyl (C=O) groups is 1. The van der Waals surface area contributed by atoms with Crippen LogP contribution in [-0.2, 0) is 4.79 Å². The van der Waals surface area contributed by atoms with Gasteiger partial charge in [0.25, 0.3) is 0 Å². The number of amides is 1. The van der Waals surface area contributed by atoms with E-state index in [2.05, 4.69) is 24.1 Å². The van der Waals surface area contributed by atoms with Crippen LogP contribution in [0.3, 0.4) is 0 Å². The summed E-state index contributed by atoms with van der Waals surface area (Å²) in [5.41, 5.74) is 0. The molecule has 1 saturated carbocycles. The Morgan fingerprint density at radius 2 is 1.89 bits per heavy atom. The molecule has 1 amide bonds. The van der Waals surface area contributed by atoms with Crippen LogP contribution < -0.4 is 5.32 Å². The third-order valence-electron chi connectivity index (χ3n) is 4.85. The van der Waals surface area contributed by atoms with Crippen molar-refractivity contribution in [3.63, 3.8) is 0 Å². The highest BCUT2D eigenvalue weighted by Gasteiger charge is 2.28. The van der Waals surface area contributed by atoms with Crippen LogP contribution in [0.25, 0.3) is 0 Å². The predicted molar refractivity (Wildman–Crippen MR) is 81.7 cm³/mol. The monoisotopic (exact) mass is 288 g/mol. The number of nitrogens with one attached hydrogen (secondary N) is 1. The molecule has 0 aromatic heterocycles. The van der Waals surface area contributed by atoms with Crippen LogP contribution in [0.5, 0.6) is 0 Å². The Morgan fingerprint density at radius 3 is 2.58 bits per heavy atom. The maximum absolute atomic E-state index is 12.3. The molecule has 2 atom stereocenters. The molecule has 112 valence electrons. The van der Waals surface area contributed by atoms with Gasteiger partial charge in [0, 0.05) is 31.6 Å². The first-order valence-electron chi connectivity index (χ1n) is 7.71. The van der Waals surface area contributed by atoms with E-state index in [1.54, 1.807) is 0 Å². The van der Waals surface area contributed by atoms with Gasteiger partial charge in [-0.3, -0.25) is 4.79 Å². The van der Waals surface area contributed by atoms with Crippen LogP contribution in [-0.4, -0.2) is 36.0 Å². The Bertz CT molecular complexity index is 279. The maximum atomic E-state index is 12.3. The molecule has 1 aliphatic heterocycles. The SMILES string of the molecule is CC1NCCN(C(=O)CCC2CCCCC2)C1C.Cl. The lowest BCUT2D eigenvalue weighted by molar-refractivity contribution is -0.135. The van der Waals surface area contributed by atoms with Crippen molar-refractivity contribution in [3.05, 3.63) is 0 Å². The molecule has 3 nitrogen and oxygen atoms in total. The minimum atomic E-state index is 0. The van der Waals surface area contributed by atoms with Crippen LogP contribution in [0.1, 0.15) is 58.8 Å². The minimum Gasteiger partial charge on any atom is -0.337 e. The molecule has 2 fully saturated rings. The van der Waals surface area contributed by atoms with E-state index in [0.717, 1.165) is 31.8 Å².